The van der Waals surface area contributed by atoms with E-state index in [0.29, 0.717) is 5.69 Å². The molecule has 2 rings (SSSR count). The van der Waals surface area contributed by atoms with E-state index in [4.69, 9.17) is 4.52 Å². The molecule has 0 aliphatic rings. The van der Waals surface area contributed by atoms with Crippen molar-refractivity contribution in [2.45, 2.75) is 18.7 Å². The first-order chi connectivity index (χ1) is 10.3. The highest BCUT2D eigenvalue weighted by Gasteiger charge is 2.23. The SMILES string of the molecule is Cc1noc(C)c1S(=O)(=O)N/N=C/c1ccc(N(C)C)cc1. The number of nitrogens with zero attached hydrogens (tertiary/aromatic N) is 3. The second-order valence-corrected chi connectivity index (χ2v) is 6.59. The Hall–Kier alpha value is -2.35. The highest BCUT2D eigenvalue weighted by molar-refractivity contribution is 7.89. The van der Waals surface area contributed by atoms with Gasteiger partial charge in [-0.05, 0) is 31.5 Å². The molecule has 8 heteroatoms. The van der Waals surface area contributed by atoms with Gasteiger partial charge in [0.2, 0.25) is 0 Å². The molecule has 1 aromatic carbocycles. The Morgan fingerprint density at radius 3 is 2.36 bits per heavy atom. The molecule has 0 radical (unpaired) electrons. The van der Waals surface area contributed by atoms with Crippen LogP contribution in [0.3, 0.4) is 0 Å². The summed E-state index contributed by atoms with van der Waals surface area (Å²) in [6, 6.07) is 7.54. The van der Waals surface area contributed by atoms with Gasteiger partial charge in [-0.15, -0.1) is 0 Å². The minimum Gasteiger partial charge on any atom is -0.378 e. The van der Waals surface area contributed by atoms with Gasteiger partial charge < -0.3 is 9.42 Å². The molecule has 0 saturated heterocycles. The lowest BCUT2D eigenvalue weighted by atomic mass is 10.2. The number of hydrazone groups is 1. The summed E-state index contributed by atoms with van der Waals surface area (Å²) < 4.78 is 29.1. The van der Waals surface area contributed by atoms with Crippen LogP contribution in [-0.4, -0.2) is 33.9 Å². The van der Waals surface area contributed by atoms with Gasteiger partial charge in [-0.1, -0.05) is 17.3 Å². The lowest BCUT2D eigenvalue weighted by Gasteiger charge is -2.11. The Balaban J connectivity index is 2.12. The lowest BCUT2D eigenvalue weighted by molar-refractivity contribution is 0.390. The first kappa shape index (κ1) is 16.0. The zero-order valence-corrected chi connectivity index (χ0v) is 13.7. The minimum absolute atomic E-state index is 0.0209. The number of hydrogen-bond acceptors (Lipinski definition) is 6. The average molecular weight is 322 g/mol. The van der Waals surface area contributed by atoms with Crippen molar-refractivity contribution in [3.8, 4) is 0 Å². The molecule has 0 saturated carbocycles. The van der Waals surface area contributed by atoms with Crippen LogP contribution in [0.1, 0.15) is 17.0 Å². The number of aryl methyl sites for hydroxylation is 2. The van der Waals surface area contributed by atoms with E-state index in [1.807, 2.05) is 43.3 Å². The molecule has 0 aliphatic heterocycles. The number of benzene rings is 1. The van der Waals surface area contributed by atoms with E-state index >= 15 is 0 Å². The van der Waals surface area contributed by atoms with Crippen molar-refractivity contribution < 1.29 is 12.9 Å². The second-order valence-electron chi connectivity index (χ2n) is 4.99. The third-order valence-electron chi connectivity index (χ3n) is 3.03. The van der Waals surface area contributed by atoms with Crippen molar-refractivity contribution in [3.05, 3.63) is 41.3 Å². The van der Waals surface area contributed by atoms with Gasteiger partial charge in [0.15, 0.2) is 10.7 Å². The van der Waals surface area contributed by atoms with Crippen LogP contribution in [0.25, 0.3) is 0 Å². The zero-order chi connectivity index (χ0) is 16.3. The maximum atomic E-state index is 12.1. The predicted molar refractivity (Wildman–Crippen MR) is 84.7 cm³/mol. The van der Waals surface area contributed by atoms with Gasteiger partial charge in [0.1, 0.15) is 5.69 Å². The quantitative estimate of drug-likeness (QED) is 0.668. The van der Waals surface area contributed by atoms with Gasteiger partial charge in [0.25, 0.3) is 10.0 Å². The summed E-state index contributed by atoms with van der Waals surface area (Å²) in [6.45, 7) is 3.10. The van der Waals surface area contributed by atoms with Crippen molar-refractivity contribution >= 4 is 21.9 Å². The first-order valence-corrected chi connectivity index (χ1v) is 8.04. The molecular weight excluding hydrogens is 304 g/mol. The van der Waals surface area contributed by atoms with E-state index in [2.05, 4.69) is 15.1 Å². The van der Waals surface area contributed by atoms with Gasteiger partial charge in [0.05, 0.1) is 6.21 Å². The van der Waals surface area contributed by atoms with Crippen LogP contribution in [-0.2, 0) is 10.0 Å². The lowest BCUT2D eigenvalue weighted by Crippen LogP contribution is -2.19. The number of aromatic nitrogens is 1. The number of sulfonamides is 1. The molecule has 118 valence electrons. The Labute approximate surface area is 129 Å². The average Bonchev–Trinajstić information content (AvgIpc) is 2.79. The molecule has 0 atom stereocenters. The number of anilines is 1. The summed E-state index contributed by atoms with van der Waals surface area (Å²) in [5.74, 6) is 0.232. The van der Waals surface area contributed by atoms with Gasteiger partial charge in [-0.2, -0.15) is 18.4 Å². The maximum absolute atomic E-state index is 12.1. The van der Waals surface area contributed by atoms with E-state index in [-0.39, 0.29) is 10.7 Å². The van der Waals surface area contributed by atoms with Gasteiger partial charge in [-0.3, -0.25) is 0 Å². The molecule has 2 aromatic rings. The highest BCUT2D eigenvalue weighted by atomic mass is 32.2. The van der Waals surface area contributed by atoms with Crippen LogP contribution in [0.5, 0.6) is 0 Å². The van der Waals surface area contributed by atoms with Gasteiger partial charge in [-0.25, -0.2) is 0 Å². The van der Waals surface area contributed by atoms with E-state index < -0.39 is 10.0 Å². The fourth-order valence-corrected chi connectivity index (χ4v) is 3.06. The van der Waals surface area contributed by atoms with E-state index in [0.717, 1.165) is 11.3 Å². The molecule has 7 nitrogen and oxygen atoms in total. The molecular formula is C14H18N4O3S. The molecule has 1 aromatic heterocycles. The summed E-state index contributed by atoms with van der Waals surface area (Å²) in [5.41, 5.74) is 2.14. The minimum atomic E-state index is -3.78. The maximum Gasteiger partial charge on any atom is 0.282 e. The summed E-state index contributed by atoms with van der Waals surface area (Å²) in [7, 11) is 0.108. The van der Waals surface area contributed by atoms with Crippen molar-refractivity contribution in [2.75, 3.05) is 19.0 Å². The van der Waals surface area contributed by atoms with E-state index in [9.17, 15) is 8.42 Å². The van der Waals surface area contributed by atoms with Gasteiger partial charge in [0, 0.05) is 19.8 Å². The fourth-order valence-electron chi connectivity index (χ4n) is 1.93. The molecule has 0 bridgehead atoms. The van der Waals surface area contributed by atoms with Crippen LogP contribution in [0.4, 0.5) is 5.69 Å². The number of nitrogens with one attached hydrogen (secondary N) is 1. The normalized spacial score (nSPS) is 11.8. The van der Waals surface area contributed by atoms with Crippen LogP contribution in [0.2, 0.25) is 0 Å². The Kier molecular flexibility index (Phi) is 4.51. The molecule has 1 N–H and O–H groups in total. The summed E-state index contributed by atoms with van der Waals surface area (Å²) in [6.07, 6.45) is 1.44. The molecule has 0 spiro atoms. The predicted octanol–water partition coefficient (Wildman–Crippen LogP) is 1.67. The Morgan fingerprint density at radius 2 is 1.86 bits per heavy atom. The molecule has 0 fully saturated rings. The van der Waals surface area contributed by atoms with Crippen LogP contribution >= 0.6 is 0 Å². The smallest absolute Gasteiger partial charge is 0.282 e. The Morgan fingerprint density at radius 1 is 1.23 bits per heavy atom. The van der Waals surface area contributed by atoms with Crippen molar-refractivity contribution in [1.29, 1.82) is 0 Å². The second kappa shape index (κ2) is 6.18. The third-order valence-corrected chi connectivity index (χ3v) is 4.50. The van der Waals surface area contributed by atoms with Crippen LogP contribution in [0, 0.1) is 13.8 Å². The first-order valence-electron chi connectivity index (χ1n) is 6.56. The topological polar surface area (TPSA) is 87.8 Å². The van der Waals surface area contributed by atoms with E-state index in [1.54, 1.807) is 6.92 Å². The fraction of sp³-hybridized carbons (Fsp3) is 0.286. The zero-order valence-electron chi connectivity index (χ0n) is 12.9. The third kappa shape index (κ3) is 3.45. The van der Waals surface area contributed by atoms with Crippen molar-refractivity contribution in [2.24, 2.45) is 5.10 Å². The number of rotatable bonds is 5. The van der Waals surface area contributed by atoms with Crippen molar-refractivity contribution in [3.63, 3.8) is 0 Å². The standard InChI is InChI=1S/C14H18N4O3S/c1-10-14(11(2)21-16-10)22(19,20)17-15-9-12-5-7-13(8-6-12)18(3)4/h5-9,17H,1-4H3/b15-9+. The number of hydrogen-bond donors (Lipinski definition) is 1. The van der Waals surface area contributed by atoms with Crippen LogP contribution < -0.4 is 9.73 Å². The molecule has 0 amide bonds. The summed E-state index contributed by atoms with van der Waals surface area (Å²) in [4.78, 5) is 4.15. The molecule has 0 unspecified atom stereocenters. The summed E-state index contributed by atoms with van der Waals surface area (Å²) >= 11 is 0. The Bertz CT molecular complexity index is 757. The van der Waals surface area contributed by atoms with E-state index in [1.165, 1.54) is 13.1 Å². The van der Waals surface area contributed by atoms with Crippen LogP contribution in [0.15, 0.2) is 38.8 Å². The summed E-state index contributed by atoms with van der Waals surface area (Å²) in [5, 5.41) is 7.40. The molecule has 22 heavy (non-hydrogen) atoms. The monoisotopic (exact) mass is 322 g/mol. The highest BCUT2D eigenvalue weighted by Crippen LogP contribution is 2.18. The largest absolute Gasteiger partial charge is 0.378 e. The van der Waals surface area contributed by atoms with Crippen molar-refractivity contribution in [1.82, 2.24) is 9.99 Å². The molecule has 1 heterocycles. The molecule has 0 aliphatic carbocycles. The van der Waals surface area contributed by atoms with Gasteiger partial charge >= 0.3 is 0 Å².